The second kappa shape index (κ2) is 5.20. The molecule has 2 heterocycles. The summed E-state index contributed by atoms with van der Waals surface area (Å²) in [5.41, 5.74) is 1.74. The van der Waals surface area contributed by atoms with Crippen molar-refractivity contribution >= 4 is 40.7 Å². The van der Waals surface area contributed by atoms with Gasteiger partial charge in [0.05, 0.1) is 6.54 Å². The van der Waals surface area contributed by atoms with Crippen LogP contribution in [0.25, 0.3) is 0 Å². The molecule has 0 saturated heterocycles. The van der Waals surface area contributed by atoms with Gasteiger partial charge in [0, 0.05) is 17.1 Å². The van der Waals surface area contributed by atoms with E-state index in [1.165, 1.54) is 0 Å². The molecule has 0 bridgehead atoms. The van der Waals surface area contributed by atoms with E-state index in [4.69, 9.17) is 34.8 Å². The number of hydrogen-bond donors (Lipinski definition) is 0. The Bertz CT molecular complexity index is 705. The summed E-state index contributed by atoms with van der Waals surface area (Å²) in [4.78, 5) is 21.7. The van der Waals surface area contributed by atoms with Crippen molar-refractivity contribution in [3.63, 3.8) is 0 Å². The van der Waals surface area contributed by atoms with Gasteiger partial charge in [0.1, 0.15) is 10.8 Å². The van der Waals surface area contributed by atoms with Crippen molar-refractivity contribution in [3.05, 3.63) is 56.5 Å². The lowest BCUT2D eigenvalue weighted by Gasteiger charge is -2.16. The van der Waals surface area contributed by atoms with Crippen LogP contribution < -0.4 is 0 Å². The van der Waals surface area contributed by atoms with Gasteiger partial charge < -0.3 is 4.90 Å². The van der Waals surface area contributed by atoms with Gasteiger partial charge in [-0.1, -0.05) is 41.4 Å². The smallest absolute Gasteiger partial charge is 0.273 e. The fourth-order valence-corrected chi connectivity index (χ4v) is 2.76. The van der Waals surface area contributed by atoms with Crippen LogP contribution in [0.4, 0.5) is 0 Å². The van der Waals surface area contributed by atoms with Crippen LogP contribution in [0.5, 0.6) is 0 Å². The van der Waals surface area contributed by atoms with Gasteiger partial charge in [-0.25, -0.2) is 9.97 Å². The fraction of sp³-hybridized carbons (Fsp3) is 0.154. The summed E-state index contributed by atoms with van der Waals surface area (Å²) in [5.74, 6) is -0.217. The molecule has 3 rings (SSSR count). The maximum atomic E-state index is 12.3. The number of halogens is 3. The number of nitrogens with zero attached hydrogens (tertiary/aromatic N) is 3. The van der Waals surface area contributed by atoms with Crippen LogP contribution in [0.1, 0.15) is 21.6 Å². The average Bonchev–Trinajstić information content (AvgIpc) is 2.71. The molecule has 0 aliphatic carbocycles. The molecule has 0 radical (unpaired) electrons. The molecule has 1 aliphatic rings. The summed E-state index contributed by atoms with van der Waals surface area (Å²) in [6.07, 6.45) is 0. The van der Waals surface area contributed by atoms with Crippen LogP contribution in [-0.2, 0) is 13.1 Å². The van der Waals surface area contributed by atoms with Gasteiger partial charge in [-0.05, 0) is 23.2 Å². The van der Waals surface area contributed by atoms with Crippen molar-refractivity contribution in [1.29, 1.82) is 0 Å². The lowest BCUT2D eigenvalue weighted by atomic mass is 10.2. The zero-order chi connectivity index (χ0) is 14.3. The minimum atomic E-state index is -0.217. The Morgan fingerprint density at radius 3 is 2.65 bits per heavy atom. The van der Waals surface area contributed by atoms with Crippen molar-refractivity contribution in [3.8, 4) is 0 Å². The van der Waals surface area contributed by atoms with E-state index >= 15 is 0 Å². The Labute approximate surface area is 130 Å². The second-order valence-corrected chi connectivity index (χ2v) is 5.47. The molecule has 1 aliphatic heterocycles. The van der Waals surface area contributed by atoms with E-state index in [0.717, 1.165) is 5.56 Å². The Balaban J connectivity index is 1.91. The van der Waals surface area contributed by atoms with E-state index in [-0.39, 0.29) is 22.0 Å². The second-order valence-electron chi connectivity index (χ2n) is 4.36. The van der Waals surface area contributed by atoms with E-state index in [2.05, 4.69) is 9.97 Å². The molecule has 7 heteroatoms. The molecule has 4 nitrogen and oxygen atoms in total. The normalized spacial score (nSPS) is 13.8. The average molecular weight is 329 g/mol. The summed E-state index contributed by atoms with van der Waals surface area (Å²) >= 11 is 17.8. The summed E-state index contributed by atoms with van der Waals surface area (Å²) in [5, 5.41) is 0.808. The number of benzene rings is 1. The Hall–Kier alpha value is -1.36. The van der Waals surface area contributed by atoms with Gasteiger partial charge in [0.15, 0.2) is 0 Å². The standard InChI is InChI=1S/C13H8Cl3N3O/c14-9-4-2-1-3-7(9)5-19-6-8-10(12(19)20)17-13(16)18-11(8)15/h1-4H,5-6H2. The van der Waals surface area contributed by atoms with Gasteiger partial charge in [-0.2, -0.15) is 0 Å². The van der Waals surface area contributed by atoms with Crippen molar-refractivity contribution in [2.45, 2.75) is 13.1 Å². The predicted molar refractivity (Wildman–Crippen MR) is 77.1 cm³/mol. The van der Waals surface area contributed by atoms with Crippen LogP contribution in [0.2, 0.25) is 15.5 Å². The summed E-state index contributed by atoms with van der Waals surface area (Å²) in [7, 11) is 0. The number of fused-ring (bicyclic) bond motifs is 1. The number of amides is 1. The molecule has 0 fully saturated rings. The largest absolute Gasteiger partial charge is 0.328 e. The van der Waals surface area contributed by atoms with E-state index in [9.17, 15) is 4.79 Å². The maximum absolute atomic E-state index is 12.3. The molecular formula is C13H8Cl3N3O. The SMILES string of the molecule is O=C1c2nc(Cl)nc(Cl)c2CN1Cc1ccccc1Cl. The van der Waals surface area contributed by atoms with Crippen molar-refractivity contribution in [2.24, 2.45) is 0 Å². The lowest BCUT2D eigenvalue weighted by Crippen LogP contribution is -2.23. The van der Waals surface area contributed by atoms with Crippen molar-refractivity contribution in [2.75, 3.05) is 0 Å². The minimum absolute atomic E-state index is 0.0262. The highest BCUT2D eigenvalue weighted by atomic mass is 35.5. The quantitative estimate of drug-likeness (QED) is 0.625. The van der Waals surface area contributed by atoms with Gasteiger partial charge in [-0.3, -0.25) is 4.79 Å². The lowest BCUT2D eigenvalue weighted by molar-refractivity contribution is 0.0762. The highest BCUT2D eigenvalue weighted by Crippen LogP contribution is 2.29. The third-order valence-corrected chi connectivity index (χ3v) is 3.94. The van der Waals surface area contributed by atoms with Gasteiger partial charge in [-0.15, -0.1) is 0 Å². The van der Waals surface area contributed by atoms with Crippen LogP contribution in [0.3, 0.4) is 0 Å². The highest BCUT2D eigenvalue weighted by Gasteiger charge is 2.32. The number of hydrogen-bond acceptors (Lipinski definition) is 3. The molecule has 0 spiro atoms. The molecule has 0 saturated carbocycles. The van der Waals surface area contributed by atoms with Crippen LogP contribution in [0, 0.1) is 0 Å². The van der Waals surface area contributed by atoms with Gasteiger partial charge in [0.2, 0.25) is 5.28 Å². The molecule has 0 N–H and O–H groups in total. The van der Waals surface area contributed by atoms with E-state index in [0.29, 0.717) is 23.7 Å². The zero-order valence-corrected chi connectivity index (χ0v) is 12.4. The molecule has 1 aromatic carbocycles. The fourth-order valence-electron chi connectivity index (χ4n) is 2.12. The molecule has 1 aromatic heterocycles. The molecule has 0 unspecified atom stereocenters. The predicted octanol–water partition coefficient (Wildman–Crippen LogP) is 3.59. The third-order valence-electron chi connectivity index (χ3n) is 3.09. The summed E-state index contributed by atoms with van der Waals surface area (Å²) in [6, 6.07) is 7.38. The monoisotopic (exact) mass is 327 g/mol. The van der Waals surface area contributed by atoms with Gasteiger partial charge >= 0.3 is 0 Å². The first-order valence-corrected chi connectivity index (χ1v) is 6.94. The Kier molecular flexibility index (Phi) is 3.54. The molecule has 20 heavy (non-hydrogen) atoms. The molecule has 0 atom stereocenters. The number of carbonyl (C=O) groups is 1. The number of rotatable bonds is 2. The third kappa shape index (κ3) is 2.35. The van der Waals surface area contributed by atoms with Crippen LogP contribution in [0.15, 0.2) is 24.3 Å². The van der Waals surface area contributed by atoms with Crippen molar-refractivity contribution < 1.29 is 4.79 Å². The summed E-state index contributed by atoms with van der Waals surface area (Å²) in [6.45, 7) is 0.748. The summed E-state index contributed by atoms with van der Waals surface area (Å²) < 4.78 is 0. The highest BCUT2D eigenvalue weighted by molar-refractivity contribution is 6.33. The molecular weight excluding hydrogens is 321 g/mol. The van der Waals surface area contributed by atoms with E-state index in [1.54, 1.807) is 11.0 Å². The molecule has 102 valence electrons. The number of carbonyl (C=O) groups excluding carboxylic acids is 1. The Morgan fingerprint density at radius 2 is 1.90 bits per heavy atom. The van der Waals surface area contributed by atoms with Crippen molar-refractivity contribution in [1.82, 2.24) is 14.9 Å². The zero-order valence-electron chi connectivity index (χ0n) is 10.1. The molecule has 1 amide bonds. The van der Waals surface area contributed by atoms with Gasteiger partial charge in [0.25, 0.3) is 5.91 Å². The first-order valence-electron chi connectivity index (χ1n) is 5.81. The topological polar surface area (TPSA) is 46.1 Å². The van der Waals surface area contributed by atoms with Crippen LogP contribution >= 0.6 is 34.8 Å². The maximum Gasteiger partial charge on any atom is 0.273 e. The minimum Gasteiger partial charge on any atom is -0.328 e. The van der Waals surface area contributed by atoms with E-state index < -0.39 is 0 Å². The first kappa shape index (κ1) is 13.6. The number of aromatic nitrogens is 2. The Morgan fingerprint density at radius 1 is 1.15 bits per heavy atom. The molecule has 2 aromatic rings. The first-order chi connectivity index (χ1) is 9.56. The van der Waals surface area contributed by atoms with Crippen LogP contribution in [-0.4, -0.2) is 20.8 Å². The van der Waals surface area contributed by atoms with E-state index in [1.807, 2.05) is 18.2 Å².